The normalized spacial score (nSPS) is 10.2. The highest BCUT2D eigenvalue weighted by Gasteiger charge is 2.26. The molecule has 0 saturated carbocycles. The van der Waals surface area contributed by atoms with E-state index in [0.717, 1.165) is 0 Å². The average Bonchev–Trinajstić information content (AvgIpc) is 2.69. The van der Waals surface area contributed by atoms with Crippen LogP contribution in [0.15, 0.2) is 33.6 Å². The number of amides is 1. The molecule has 0 atom stereocenters. The van der Waals surface area contributed by atoms with E-state index in [2.05, 4.69) is 15.1 Å². The van der Waals surface area contributed by atoms with Crippen LogP contribution in [0.1, 0.15) is 27.8 Å². The topological polar surface area (TPSA) is 96.0 Å². The number of carbonyl (C=O) groups excluding carboxylic acids is 2. The minimum absolute atomic E-state index is 0.0597. The van der Waals surface area contributed by atoms with Crippen molar-refractivity contribution in [3.05, 3.63) is 45.9 Å². The summed E-state index contributed by atoms with van der Waals surface area (Å²) in [7, 11) is 1.48. The monoisotopic (exact) mass is 262 g/mol. The van der Waals surface area contributed by atoms with Gasteiger partial charge < -0.3 is 5.32 Å². The van der Waals surface area contributed by atoms with Crippen molar-refractivity contribution < 1.29 is 18.8 Å². The van der Waals surface area contributed by atoms with Crippen molar-refractivity contribution in [2.45, 2.75) is 6.92 Å². The number of Topliss-reactive ketones (excluding diaryl/α,β-unsaturated/α-hetero) is 1. The standard InChI is InChI=1S/C12H11N3O4/c1-7(16)8-3-5-9(6-4-8)13-11(17)10-12(18)19-14-15(10)2/h3-6H,1-2H3,(H-,13,14,16,17,18)/p+1. The van der Waals surface area contributed by atoms with Crippen molar-refractivity contribution in [1.29, 1.82) is 0 Å². The van der Waals surface area contributed by atoms with E-state index in [1.54, 1.807) is 24.3 Å². The Kier molecular flexibility index (Phi) is 3.28. The number of hydrogen-bond donors (Lipinski definition) is 2. The van der Waals surface area contributed by atoms with Gasteiger partial charge in [0, 0.05) is 11.3 Å². The predicted molar refractivity (Wildman–Crippen MR) is 64.9 cm³/mol. The third-order valence-corrected chi connectivity index (χ3v) is 2.57. The zero-order valence-corrected chi connectivity index (χ0v) is 10.4. The maximum Gasteiger partial charge on any atom is 0.440 e. The lowest BCUT2D eigenvalue weighted by Crippen LogP contribution is -2.41. The molecule has 0 saturated heterocycles. The number of anilines is 1. The van der Waals surface area contributed by atoms with Crippen LogP contribution in [0.4, 0.5) is 5.69 Å². The van der Waals surface area contributed by atoms with Gasteiger partial charge in [-0.3, -0.25) is 14.1 Å². The molecule has 0 spiro atoms. The van der Waals surface area contributed by atoms with E-state index in [4.69, 9.17) is 0 Å². The van der Waals surface area contributed by atoms with Gasteiger partial charge in [0.2, 0.25) is 0 Å². The van der Waals surface area contributed by atoms with Gasteiger partial charge in [0.15, 0.2) is 12.8 Å². The minimum atomic E-state index is -0.750. The molecule has 0 aliphatic carbocycles. The summed E-state index contributed by atoms with van der Waals surface area (Å²) in [6.45, 7) is 1.46. The van der Waals surface area contributed by atoms with Crippen LogP contribution >= 0.6 is 0 Å². The molecule has 0 aliphatic rings. The molecule has 7 heteroatoms. The lowest BCUT2D eigenvalue weighted by molar-refractivity contribution is -0.741. The van der Waals surface area contributed by atoms with Crippen molar-refractivity contribution in [1.82, 2.24) is 5.27 Å². The van der Waals surface area contributed by atoms with Crippen molar-refractivity contribution in [2.75, 3.05) is 5.32 Å². The summed E-state index contributed by atoms with van der Waals surface area (Å²) in [5.74, 6) is -0.649. The predicted octanol–water partition coefficient (Wildman–Crippen LogP) is 0.247. The summed E-state index contributed by atoms with van der Waals surface area (Å²) in [6.07, 6.45) is 0. The Labute approximate surface area is 107 Å². The lowest BCUT2D eigenvalue weighted by Gasteiger charge is -2.01. The highest BCUT2D eigenvalue weighted by atomic mass is 16.5. The molecule has 0 bridgehead atoms. The van der Waals surface area contributed by atoms with Crippen LogP contribution in [0.25, 0.3) is 0 Å². The van der Waals surface area contributed by atoms with Crippen LogP contribution in [0, 0.1) is 0 Å². The summed E-state index contributed by atoms with van der Waals surface area (Å²) >= 11 is 0. The van der Waals surface area contributed by atoms with Gasteiger partial charge in [-0.25, -0.2) is 4.79 Å². The number of H-pyrrole nitrogens is 1. The molecule has 98 valence electrons. The summed E-state index contributed by atoms with van der Waals surface area (Å²) in [5.41, 5.74) is 0.135. The van der Waals surface area contributed by atoms with E-state index >= 15 is 0 Å². The Balaban J connectivity index is 2.20. The molecule has 2 rings (SSSR count). The van der Waals surface area contributed by atoms with E-state index in [9.17, 15) is 14.4 Å². The van der Waals surface area contributed by atoms with Crippen LogP contribution in [0.3, 0.4) is 0 Å². The highest BCUT2D eigenvalue weighted by Crippen LogP contribution is 2.10. The Morgan fingerprint density at radius 2 is 1.89 bits per heavy atom. The summed E-state index contributed by atoms with van der Waals surface area (Å²) in [6, 6.07) is 6.36. The smallest absolute Gasteiger partial charge is 0.316 e. The first-order valence-corrected chi connectivity index (χ1v) is 5.49. The number of aryl methyl sites for hydroxylation is 1. The van der Waals surface area contributed by atoms with Crippen LogP contribution in [-0.2, 0) is 7.05 Å². The average molecular weight is 262 g/mol. The van der Waals surface area contributed by atoms with E-state index in [1.165, 1.54) is 18.7 Å². The quantitative estimate of drug-likeness (QED) is 0.612. The Morgan fingerprint density at radius 1 is 1.26 bits per heavy atom. The molecule has 1 amide bonds. The maximum absolute atomic E-state index is 11.9. The summed E-state index contributed by atoms with van der Waals surface area (Å²) in [4.78, 5) is 34.3. The molecule has 2 aromatic rings. The van der Waals surface area contributed by atoms with Gasteiger partial charge in [0.1, 0.15) is 0 Å². The van der Waals surface area contributed by atoms with Gasteiger partial charge in [-0.2, -0.15) is 0 Å². The molecular formula is C12H12N3O4+. The fourth-order valence-electron chi connectivity index (χ4n) is 1.56. The number of nitrogens with zero attached hydrogens (tertiary/aromatic N) is 1. The lowest BCUT2D eigenvalue weighted by atomic mass is 10.1. The number of rotatable bonds is 3. The Bertz CT molecular complexity index is 682. The van der Waals surface area contributed by atoms with Gasteiger partial charge in [-0.1, -0.05) is 4.68 Å². The molecule has 0 radical (unpaired) electrons. The number of hydrogen-bond acceptors (Lipinski definition) is 4. The first-order valence-electron chi connectivity index (χ1n) is 5.49. The number of ketones is 1. The molecule has 19 heavy (non-hydrogen) atoms. The molecule has 0 aliphatic heterocycles. The van der Waals surface area contributed by atoms with Gasteiger partial charge >= 0.3 is 17.2 Å². The number of benzene rings is 1. The zero-order valence-electron chi connectivity index (χ0n) is 10.4. The second-order valence-electron chi connectivity index (χ2n) is 3.98. The maximum atomic E-state index is 11.9. The third kappa shape index (κ3) is 2.59. The molecule has 1 aromatic carbocycles. The molecular weight excluding hydrogens is 250 g/mol. The first-order chi connectivity index (χ1) is 8.99. The number of nitrogens with one attached hydrogen (secondary N) is 2. The van der Waals surface area contributed by atoms with Crippen molar-refractivity contribution in [2.24, 2.45) is 7.05 Å². The van der Waals surface area contributed by atoms with Crippen molar-refractivity contribution in [3.8, 4) is 0 Å². The SMILES string of the molecule is CC(=O)c1ccc(NC(=O)c2c(=O)o[nH][n+]2C)cc1. The Morgan fingerprint density at radius 3 is 2.37 bits per heavy atom. The fraction of sp³-hybridized carbons (Fsp3) is 0.167. The molecule has 2 N–H and O–H groups in total. The van der Waals surface area contributed by atoms with Crippen LogP contribution in [0.5, 0.6) is 0 Å². The van der Waals surface area contributed by atoms with Gasteiger partial charge in [-0.15, -0.1) is 0 Å². The minimum Gasteiger partial charge on any atom is -0.316 e. The van der Waals surface area contributed by atoms with Crippen LogP contribution < -0.4 is 15.6 Å². The summed E-state index contributed by atoms with van der Waals surface area (Å²) < 4.78 is 5.66. The molecule has 0 unspecified atom stereocenters. The zero-order chi connectivity index (χ0) is 14.0. The van der Waals surface area contributed by atoms with E-state index in [-0.39, 0.29) is 11.5 Å². The van der Waals surface area contributed by atoms with Crippen LogP contribution in [0.2, 0.25) is 0 Å². The largest absolute Gasteiger partial charge is 0.440 e. The summed E-state index contributed by atoms with van der Waals surface area (Å²) in [5, 5.41) is 4.79. The molecule has 0 fully saturated rings. The van der Waals surface area contributed by atoms with E-state index < -0.39 is 11.5 Å². The first kappa shape index (κ1) is 12.7. The third-order valence-electron chi connectivity index (χ3n) is 2.57. The number of carbonyl (C=O) groups is 2. The molecule has 1 heterocycles. The van der Waals surface area contributed by atoms with Gasteiger partial charge in [-0.05, 0) is 36.5 Å². The highest BCUT2D eigenvalue weighted by molar-refractivity contribution is 6.02. The van der Waals surface area contributed by atoms with Gasteiger partial charge in [0.05, 0.1) is 0 Å². The van der Waals surface area contributed by atoms with Crippen LogP contribution in [-0.4, -0.2) is 17.0 Å². The van der Waals surface area contributed by atoms with E-state index in [0.29, 0.717) is 11.3 Å². The molecule has 1 aromatic heterocycles. The van der Waals surface area contributed by atoms with E-state index in [1.807, 2.05) is 0 Å². The molecule has 7 nitrogen and oxygen atoms in total. The van der Waals surface area contributed by atoms with Crippen molar-refractivity contribution in [3.63, 3.8) is 0 Å². The van der Waals surface area contributed by atoms with Crippen molar-refractivity contribution >= 4 is 17.4 Å². The Hall–Kier alpha value is -2.70. The number of aromatic nitrogens is 2. The second-order valence-corrected chi connectivity index (χ2v) is 3.98. The fourth-order valence-corrected chi connectivity index (χ4v) is 1.56. The van der Waals surface area contributed by atoms with Gasteiger partial charge in [0.25, 0.3) is 0 Å². The second kappa shape index (κ2) is 4.89. The number of aromatic amines is 1.